The molecule has 23 heavy (non-hydrogen) atoms. The van der Waals surface area contributed by atoms with Gasteiger partial charge < -0.3 is 15.4 Å². The highest BCUT2D eigenvalue weighted by Gasteiger charge is 2.26. The molecule has 2 N–H and O–H groups in total. The van der Waals surface area contributed by atoms with Crippen molar-refractivity contribution in [3.8, 4) is 0 Å². The summed E-state index contributed by atoms with van der Waals surface area (Å²) in [5.74, 6) is 0.437. The van der Waals surface area contributed by atoms with Crippen molar-refractivity contribution in [1.29, 1.82) is 0 Å². The van der Waals surface area contributed by atoms with E-state index in [9.17, 15) is 4.79 Å². The average molecular weight is 430 g/mol. The van der Waals surface area contributed by atoms with Crippen LogP contribution in [0.25, 0.3) is 0 Å². The Balaban J connectivity index is 1.91. The highest BCUT2D eigenvalue weighted by molar-refractivity contribution is 14.1. The zero-order valence-electron chi connectivity index (χ0n) is 14.2. The highest BCUT2D eigenvalue weighted by atomic mass is 127. The van der Waals surface area contributed by atoms with E-state index in [-0.39, 0.29) is 6.09 Å². The van der Waals surface area contributed by atoms with Crippen LogP contribution in [0.2, 0.25) is 0 Å². The van der Waals surface area contributed by atoms with Crippen LogP contribution in [0.4, 0.5) is 10.5 Å². The van der Waals surface area contributed by atoms with E-state index >= 15 is 0 Å². The summed E-state index contributed by atoms with van der Waals surface area (Å²) in [5, 5.41) is 6.61. The number of alkyl carbamates (subject to hydrolysis) is 1. The number of ether oxygens (including phenoxy) is 1. The Morgan fingerprint density at radius 2 is 1.96 bits per heavy atom. The molecule has 2 unspecified atom stereocenters. The van der Waals surface area contributed by atoms with Crippen LogP contribution in [0.1, 0.15) is 46.5 Å². The second kappa shape index (κ2) is 8.22. The summed E-state index contributed by atoms with van der Waals surface area (Å²) >= 11 is 2.36. The number of rotatable bonds is 4. The Bertz CT molecular complexity index is 528. The molecule has 2 rings (SSSR count). The molecule has 1 aromatic carbocycles. The van der Waals surface area contributed by atoms with Gasteiger partial charge in [-0.05, 0) is 74.3 Å². The lowest BCUT2D eigenvalue weighted by atomic mass is 9.84. The molecule has 1 saturated carbocycles. The number of hydrogen-bond acceptors (Lipinski definition) is 3. The number of carbonyl (C=O) groups excluding carboxylic acids is 1. The second-order valence-corrected chi connectivity index (χ2v) is 8.32. The predicted molar refractivity (Wildman–Crippen MR) is 103 cm³/mol. The molecule has 0 radical (unpaired) electrons. The maximum absolute atomic E-state index is 11.9. The van der Waals surface area contributed by atoms with Crippen molar-refractivity contribution >= 4 is 34.4 Å². The summed E-state index contributed by atoms with van der Waals surface area (Å²) in [5.41, 5.74) is 0.733. The van der Waals surface area contributed by atoms with Gasteiger partial charge in [0, 0.05) is 21.8 Å². The van der Waals surface area contributed by atoms with E-state index in [1.165, 1.54) is 22.1 Å². The molecule has 0 aromatic heterocycles. The first-order valence-electron chi connectivity index (χ1n) is 8.33. The molecule has 1 aliphatic rings. The third-order valence-corrected chi connectivity index (χ3v) is 4.97. The predicted octanol–water partition coefficient (Wildman–Crippen LogP) is 4.79. The molecule has 0 bridgehead atoms. The summed E-state index contributed by atoms with van der Waals surface area (Å²) in [7, 11) is 0. The maximum atomic E-state index is 11.9. The monoisotopic (exact) mass is 430 g/mol. The van der Waals surface area contributed by atoms with Crippen LogP contribution >= 0.6 is 22.6 Å². The fourth-order valence-corrected chi connectivity index (χ4v) is 3.49. The van der Waals surface area contributed by atoms with E-state index in [1.807, 2.05) is 20.8 Å². The topological polar surface area (TPSA) is 50.4 Å². The minimum Gasteiger partial charge on any atom is -0.444 e. The largest absolute Gasteiger partial charge is 0.444 e. The molecule has 5 heteroatoms. The summed E-state index contributed by atoms with van der Waals surface area (Å²) in [6, 6.07) is 8.74. The average Bonchev–Trinajstić information content (AvgIpc) is 2.47. The molecule has 0 spiro atoms. The number of benzene rings is 1. The molecule has 0 heterocycles. The van der Waals surface area contributed by atoms with Crippen LogP contribution in [0, 0.1) is 9.49 Å². The second-order valence-electron chi connectivity index (χ2n) is 7.16. The Labute approximate surface area is 152 Å². The number of hydrogen-bond donors (Lipinski definition) is 2. The lowest BCUT2D eigenvalue weighted by molar-refractivity contribution is 0.0514. The quantitative estimate of drug-likeness (QED) is 0.676. The molecular weight excluding hydrogens is 403 g/mol. The van der Waals surface area contributed by atoms with E-state index in [1.54, 1.807) is 0 Å². The highest BCUT2D eigenvalue weighted by Crippen LogP contribution is 2.28. The number of amides is 1. The van der Waals surface area contributed by atoms with E-state index in [0.717, 1.165) is 12.8 Å². The van der Waals surface area contributed by atoms with Gasteiger partial charge in [-0.25, -0.2) is 4.79 Å². The molecule has 1 fully saturated rings. The van der Waals surface area contributed by atoms with Gasteiger partial charge in [-0.1, -0.05) is 25.0 Å². The number of carbonyl (C=O) groups is 1. The van der Waals surface area contributed by atoms with Crippen LogP contribution < -0.4 is 10.6 Å². The molecule has 0 saturated heterocycles. The molecule has 1 aliphatic carbocycles. The van der Waals surface area contributed by atoms with Gasteiger partial charge in [-0.2, -0.15) is 0 Å². The van der Waals surface area contributed by atoms with Gasteiger partial charge in [0.25, 0.3) is 0 Å². The Hall–Kier alpha value is -0.980. The van der Waals surface area contributed by atoms with E-state index in [4.69, 9.17) is 4.74 Å². The van der Waals surface area contributed by atoms with Gasteiger partial charge in [-0.3, -0.25) is 0 Å². The lowest BCUT2D eigenvalue weighted by Crippen LogP contribution is -2.42. The van der Waals surface area contributed by atoms with Crippen molar-refractivity contribution in [2.75, 3.05) is 11.9 Å². The van der Waals surface area contributed by atoms with E-state index < -0.39 is 5.60 Å². The Kier molecular flexibility index (Phi) is 6.56. The number of para-hydroxylation sites is 1. The molecule has 0 aliphatic heterocycles. The number of halogens is 1. The zero-order valence-corrected chi connectivity index (χ0v) is 16.4. The van der Waals surface area contributed by atoms with E-state index in [2.05, 4.69) is 57.5 Å². The Morgan fingerprint density at radius 1 is 1.26 bits per heavy atom. The standard InChI is InChI=1S/C18H27IN2O2/c1-18(2,3)23-17(22)20-12-13-8-4-6-10-15(13)21-16-11-7-5-9-14(16)19/h5,7,9,11,13,15,21H,4,6,8,10,12H2,1-3H3,(H,20,22). The zero-order chi connectivity index (χ0) is 16.9. The van der Waals surface area contributed by atoms with Gasteiger partial charge in [0.1, 0.15) is 5.60 Å². The van der Waals surface area contributed by atoms with Gasteiger partial charge in [-0.15, -0.1) is 0 Å². The molecular formula is C18H27IN2O2. The van der Waals surface area contributed by atoms with Crippen LogP contribution in [0.5, 0.6) is 0 Å². The van der Waals surface area contributed by atoms with Crippen molar-refractivity contribution in [2.45, 2.75) is 58.1 Å². The van der Waals surface area contributed by atoms with Gasteiger partial charge in [0.2, 0.25) is 0 Å². The van der Waals surface area contributed by atoms with Crippen LogP contribution in [-0.4, -0.2) is 24.3 Å². The summed E-state index contributed by atoms with van der Waals surface area (Å²) in [6.45, 7) is 6.31. The van der Waals surface area contributed by atoms with Crippen molar-refractivity contribution in [1.82, 2.24) is 5.32 Å². The summed E-state index contributed by atoms with van der Waals surface area (Å²) < 4.78 is 6.56. The normalized spacial score (nSPS) is 21.6. The maximum Gasteiger partial charge on any atom is 0.407 e. The van der Waals surface area contributed by atoms with E-state index in [0.29, 0.717) is 18.5 Å². The SMILES string of the molecule is CC(C)(C)OC(=O)NCC1CCCCC1Nc1ccccc1I. The van der Waals surface area contributed by atoms with Crippen molar-refractivity contribution in [3.05, 3.63) is 27.8 Å². The molecule has 4 nitrogen and oxygen atoms in total. The van der Waals surface area contributed by atoms with Crippen LogP contribution in [0.3, 0.4) is 0 Å². The Morgan fingerprint density at radius 3 is 2.65 bits per heavy atom. The number of nitrogens with one attached hydrogen (secondary N) is 2. The molecule has 2 atom stereocenters. The fourth-order valence-electron chi connectivity index (χ4n) is 2.95. The number of anilines is 1. The third kappa shape index (κ3) is 6.20. The minimum atomic E-state index is -0.450. The van der Waals surface area contributed by atoms with Crippen molar-refractivity contribution in [2.24, 2.45) is 5.92 Å². The molecule has 128 valence electrons. The molecule has 1 aromatic rings. The summed E-state index contributed by atoms with van der Waals surface area (Å²) in [6.07, 6.45) is 4.42. The first-order valence-corrected chi connectivity index (χ1v) is 9.41. The first kappa shape index (κ1) is 18.4. The van der Waals surface area contributed by atoms with Crippen molar-refractivity contribution in [3.63, 3.8) is 0 Å². The van der Waals surface area contributed by atoms with Crippen LogP contribution in [0.15, 0.2) is 24.3 Å². The summed E-state index contributed by atoms with van der Waals surface area (Å²) in [4.78, 5) is 11.9. The smallest absolute Gasteiger partial charge is 0.407 e. The third-order valence-electron chi connectivity index (χ3n) is 4.03. The fraction of sp³-hybridized carbons (Fsp3) is 0.611. The minimum absolute atomic E-state index is 0.323. The lowest BCUT2D eigenvalue weighted by Gasteiger charge is -2.33. The van der Waals surface area contributed by atoms with Crippen LogP contribution in [-0.2, 0) is 4.74 Å². The van der Waals surface area contributed by atoms with Gasteiger partial charge in [0.15, 0.2) is 0 Å². The van der Waals surface area contributed by atoms with Gasteiger partial charge >= 0.3 is 6.09 Å². The van der Waals surface area contributed by atoms with Gasteiger partial charge in [0.05, 0.1) is 0 Å². The van der Waals surface area contributed by atoms with Crippen molar-refractivity contribution < 1.29 is 9.53 Å². The molecule has 1 amide bonds. The first-order chi connectivity index (χ1) is 10.8.